The lowest BCUT2D eigenvalue weighted by Crippen LogP contribution is -2.42. The third-order valence-corrected chi connectivity index (χ3v) is 7.49. The van der Waals surface area contributed by atoms with E-state index in [0.29, 0.717) is 16.6 Å². The smallest absolute Gasteiger partial charge is 0.264 e. The molecule has 5 heteroatoms. The van der Waals surface area contributed by atoms with Crippen LogP contribution in [-0.4, -0.2) is 21.6 Å². The Morgan fingerprint density at radius 3 is 2.48 bits per heavy atom. The topological polar surface area (TPSA) is 46.6 Å². The molecule has 1 aliphatic heterocycles. The predicted molar refractivity (Wildman–Crippen MR) is 98.6 cm³/mol. The summed E-state index contributed by atoms with van der Waals surface area (Å²) in [5.74, 6) is 1.44. The highest BCUT2D eigenvalue weighted by Gasteiger charge is 2.47. The first-order valence-corrected chi connectivity index (χ1v) is 10.3. The van der Waals surface area contributed by atoms with Gasteiger partial charge in [-0.15, -0.1) is 0 Å². The molecule has 0 amide bonds. The largest absolute Gasteiger partial charge is 0.497 e. The van der Waals surface area contributed by atoms with Crippen molar-refractivity contribution in [1.29, 1.82) is 0 Å². The van der Waals surface area contributed by atoms with Crippen molar-refractivity contribution in [3.8, 4) is 5.75 Å². The van der Waals surface area contributed by atoms with Crippen LogP contribution in [0.2, 0.25) is 0 Å². The molecule has 1 heterocycles. The Morgan fingerprint density at radius 1 is 1.04 bits per heavy atom. The van der Waals surface area contributed by atoms with Gasteiger partial charge in [0.05, 0.1) is 23.7 Å². The molecule has 1 aliphatic carbocycles. The van der Waals surface area contributed by atoms with Gasteiger partial charge in [-0.05, 0) is 54.7 Å². The van der Waals surface area contributed by atoms with Crippen molar-refractivity contribution in [2.75, 3.05) is 11.4 Å². The van der Waals surface area contributed by atoms with Crippen LogP contribution in [0.25, 0.3) is 0 Å². The van der Waals surface area contributed by atoms with Gasteiger partial charge in [-0.3, -0.25) is 4.31 Å². The molecular formula is C20H23NO3S. The minimum atomic E-state index is -3.59. The highest BCUT2D eigenvalue weighted by Crippen LogP contribution is 2.52. The molecule has 4 rings (SSSR count). The molecule has 0 spiro atoms. The maximum Gasteiger partial charge on any atom is 0.264 e. The molecule has 0 unspecified atom stereocenters. The standard InChI is InChI=1S/C20H23NO3S/c1-14-6-5-9-19-20(14)17-7-3-4-8-18(17)21(19)25(22,23)16-12-10-15(24-2)11-13-16/h3-4,7-8,10-14,19-20H,5-6,9H2,1-2H3/t14-,19+,20+/m1/s1. The van der Waals surface area contributed by atoms with E-state index in [9.17, 15) is 8.42 Å². The number of hydrogen-bond donors (Lipinski definition) is 0. The van der Waals surface area contributed by atoms with E-state index in [2.05, 4.69) is 13.0 Å². The number of ether oxygens (including phenoxy) is 1. The van der Waals surface area contributed by atoms with Gasteiger partial charge >= 0.3 is 0 Å². The molecule has 0 radical (unpaired) electrons. The molecule has 1 saturated carbocycles. The second kappa shape index (κ2) is 6.06. The summed E-state index contributed by atoms with van der Waals surface area (Å²) in [4.78, 5) is 0.321. The fourth-order valence-corrected chi connectivity index (χ4v) is 6.21. The quantitative estimate of drug-likeness (QED) is 0.828. The van der Waals surface area contributed by atoms with Gasteiger partial charge in [0.1, 0.15) is 5.75 Å². The normalized spacial score (nSPS) is 25.4. The van der Waals surface area contributed by atoms with Crippen molar-refractivity contribution in [2.45, 2.75) is 43.0 Å². The summed E-state index contributed by atoms with van der Waals surface area (Å²) in [6, 6.07) is 14.7. The number of methoxy groups -OCH3 is 1. The van der Waals surface area contributed by atoms with Gasteiger partial charge in [0.2, 0.25) is 0 Å². The zero-order valence-electron chi connectivity index (χ0n) is 14.6. The molecule has 0 N–H and O–H groups in total. The van der Waals surface area contributed by atoms with Crippen LogP contribution in [0.1, 0.15) is 37.7 Å². The van der Waals surface area contributed by atoms with Gasteiger partial charge in [-0.2, -0.15) is 0 Å². The van der Waals surface area contributed by atoms with Gasteiger partial charge in [-0.25, -0.2) is 8.42 Å². The fraction of sp³-hybridized carbons (Fsp3) is 0.400. The van der Waals surface area contributed by atoms with E-state index in [1.54, 1.807) is 35.7 Å². The number of fused-ring (bicyclic) bond motifs is 3. The van der Waals surface area contributed by atoms with Gasteiger partial charge in [0, 0.05) is 5.92 Å². The molecule has 132 valence electrons. The maximum atomic E-state index is 13.4. The molecule has 0 saturated heterocycles. The van der Waals surface area contributed by atoms with E-state index < -0.39 is 10.0 Å². The number of benzene rings is 2. The van der Waals surface area contributed by atoms with Crippen LogP contribution < -0.4 is 9.04 Å². The Hall–Kier alpha value is -2.01. The first-order valence-electron chi connectivity index (χ1n) is 8.81. The van der Waals surface area contributed by atoms with Crippen molar-refractivity contribution in [3.63, 3.8) is 0 Å². The highest BCUT2D eigenvalue weighted by molar-refractivity contribution is 7.92. The van der Waals surface area contributed by atoms with Crippen LogP contribution in [0.3, 0.4) is 0 Å². The number of para-hydroxylation sites is 1. The SMILES string of the molecule is COc1ccc(S(=O)(=O)N2c3ccccc3[C@@H]3[C@H](C)CCC[C@@H]32)cc1. The van der Waals surface area contributed by atoms with E-state index in [-0.39, 0.29) is 12.0 Å². The highest BCUT2D eigenvalue weighted by atomic mass is 32.2. The summed E-state index contributed by atoms with van der Waals surface area (Å²) in [6.45, 7) is 2.25. The van der Waals surface area contributed by atoms with Crippen molar-refractivity contribution in [3.05, 3.63) is 54.1 Å². The lowest BCUT2D eigenvalue weighted by atomic mass is 9.75. The average molecular weight is 357 g/mol. The van der Waals surface area contributed by atoms with Crippen molar-refractivity contribution in [2.24, 2.45) is 5.92 Å². The molecule has 2 aromatic carbocycles. The third kappa shape index (κ3) is 2.53. The Kier molecular flexibility index (Phi) is 3.99. The van der Waals surface area contributed by atoms with E-state index >= 15 is 0 Å². The monoisotopic (exact) mass is 357 g/mol. The molecule has 2 aromatic rings. The van der Waals surface area contributed by atoms with Gasteiger partial charge in [-0.1, -0.05) is 31.5 Å². The number of nitrogens with zero attached hydrogens (tertiary/aromatic N) is 1. The van der Waals surface area contributed by atoms with Crippen molar-refractivity contribution in [1.82, 2.24) is 0 Å². The van der Waals surface area contributed by atoms with Crippen molar-refractivity contribution < 1.29 is 13.2 Å². The van der Waals surface area contributed by atoms with Crippen LogP contribution in [0, 0.1) is 5.92 Å². The number of rotatable bonds is 3. The second-order valence-corrected chi connectivity index (χ2v) is 8.85. The molecule has 2 aliphatic rings. The number of sulfonamides is 1. The molecule has 25 heavy (non-hydrogen) atoms. The van der Waals surface area contributed by atoms with E-state index in [1.165, 1.54) is 5.56 Å². The summed E-state index contributed by atoms with van der Waals surface area (Å²) in [5, 5.41) is 0. The first-order chi connectivity index (χ1) is 12.0. The minimum Gasteiger partial charge on any atom is -0.497 e. The van der Waals surface area contributed by atoms with Gasteiger partial charge in [0.15, 0.2) is 0 Å². The van der Waals surface area contributed by atoms with Crippen LogP contribution in [0.5, 0.6) is 5.75 Å². The van der Waals surface area contributed by atoms with E-state index in [4.69, 9.17) is 4.74 Å². The van der Waals surface area contributed by atoms with Crippen LogP contribution >= 0.6 is 0 Å². The minimum absolute atomic E-state index is 0.0215. The summed E-state index contributed by atoms with van der Waals surface area (Å²) in [7, 11) is -2.02. The Balaban J connectivity index is 1.82. The lowest BCUT2D eigenvalue weighted by Gasteiger charge is -2.36. The lowest BCUT2D eigenvalue weighted by molar-refractivity contribution is 0.308. The third-order valence-electron chi connectivity index (χ3n) is 5.64. The average Bonchev–Trinajstić information content (AvgIpc) is 2.98. The predicted octanol–water partition coefficient (Wildman–Crippen LogP) is 4.18. The summed E-state index contributed by atoms with van der Waals surface area (Å²) in [6.07, 6.45) is 3.15. The Bertz CT molecular complexity index is 876. The molecule has 0 bridgehead atoms. The second-order valence-electron chi connectivity index (χ2n) is 7.04. The summed E-state index contributed by atoms with van der Waals surface area (Å²) >= 11 is 0. The fourth-order valence-electron chi connectivity index (χ4n) is 4.48. The van der Waals surface area contributed by atoms with Crippen LogP contribution in [-0.2, 0) is 10.0 Å². The number of hydrogen-bond acceptors (Lipinski definition) is 3. The zero-order chi connectivity index (χ0) is 17.6. The summed E-state index contributed by atoms with van der Waals surface area (Å²) < 4.78 is 33.7. The van der Waals surface area contributed by atoms with E-state index in [0.717, 1.165) is 24.9 Å². The van der Waals surface area contributed by atoms with E-state index in [1.807, 2.05) is 18.2 Å². The molecular weight excluding hydrogens is 334 g/mol. The Morgan fingerprint density at radius 2 is 1.76 bits per heavy atom. The first kappa shape index (κ1) is 16.5. The maximum absolute atomic E-state index is 13.4. The van der Waals surface area contributed by atoms with Crippen molar-refractivity contribution >= 4 is 15.7 Å². The Labute approximate surface area is 149 Å². The van der Waals surface area contributed by atoms with Gasteiger partial charge < -0.3 is 4.74 Å². The summed E-state index contributed by atoms with van der Waals surface area (Å²) in [5.41, 5.74) is 2.03. The molecule has 4 nitrogen and oxygen atoms in total. The molecule has 0 aromatic heterocycles. The van der Waals surface area contributed by atoms with Crippen LogP contribution in [0.15, 0.2) is 53.4 Å². The van der Waals surface area contributed by atoms with Crippen LogP contribution in [0.4, 0.5) is 5.69 Å². The van der Waals surface area contributed by atoms with Gasteiger partial charge in [0.25, 0.3) is 10.0 Å². The molecule has 1 fully saturated rings. The number of anilines is 1. The molecule has 3 atom stereocenters. The zero-order valence-corrected chi connectivity index (χ0v) is 15.4.